The maximum atomic E-state index is 4.56. The molecule has 2 rings (SSSR count). The minimum absolute atomic E-state index is 0.641. The van der Waals surface area contributed by atoms with Gasteiger partial charge in [0, 0.05) is 25.5 Å². The highest BCUT2D eigenvalue weighted by atomic mass is 79.9. The Morgan fingerprint density at radius 2 is 2.05 bits per heavy atom. The Morgan fingerprint density at radius 3 is 2.70 bits per heavy atom. The van der Waals surface area contributed by atoms with Gasteiger partial charge in [-0.05, 0) is 48.3 Å². The van der Waals surface area contributed by atoms with Crippen LogP contribution in [0.15, 0.2) is 28.9 Å². The Hall–Kier alpha value is -1.62. The summed E-state index contributed by atoms with van der Waals surface area (Å²) in [6.07, 6.45) is 1.78. The van der Waals surface area contributed by atoms with E-state index >= 15 is 0 Å². The Bertz CT molecular complexity index is 613. The van der Waals surface area contributed by atoms with Crippen LogP contribution in [-0.2, 0) is 0 Å². The number of nitrogens with one attached hydrogen (secondary N) is 1. The third-order valence-corrected chi connectivity index (χ3v) is 3.65. The molecule has 0 aliphatic carbocycles. The lowest BCUT2D eigenvalue weighted by molar-refractivity contribution is 1.03. The molecule has 0 aliphatic heterocycles. The molecule has 1 aromatic heterocycles. The van der Waals surface area contributed by atoms with Crippen LogP contribution in [0.4, 0.5) is 17.5 Å². The summed E-state index contributed by atoms with van der Waals surface area (Å²) in [5.74, 6) is 1.49. The van der Waals surface area contributed by atoms with Crippen LogP contribution in [0.1, 0.15) is 18.1 Å². The second kappa shape index (κ2) is 6.22. The van der Waals surface area contributed by atoms with E-state index in [0.29, 0.717) is 5.95 Å². The molecule has 0 bridgehead atoms. The van der Waals surface area contributed by atoms with Crippen molar-refractivity contribution in [2.24, 2.45) is 0 Å². The van der Waals surface area contributed by atoms with Gasteiger partial charge >= 0.3 is 0 Å². The number of aryl methyl sites for hydroxylation is 2. The Labute approximate surface area is 128 Å². The second-order valence-corrected chi connectivity index (χ2v) is 5.60. The molecular weight excluding hydrogens is 316 g/mol. The van der Waals surface area contributed by atoms with Gasteiger partial charge in [0.2, 0.25) is 5.95 Å². The van der Waals surface area contributed by atoms with Crippen LogP contribution in [0.5, 0.6) is 0 Å². The van der Waals surface area contributed by atoms with Crippen LogP contribution >= 0.6 is 15.9 Å². The second-order valence-electron chi connectivity index (χ2n) is 4.74. The van der Waals surface area contributed by atoms with Crippen LogP contribution in [0.25, 0.3) is 0 Å². The van der Waals surface area contributed by atoms with Gasteiger partial charge in [0.1, 0.15) is 0 Å². The monoisotopic (exact) mass is 334 g/mol. The first-order valence-corrected chi connectivity index (χ1v) is 7.39. The van der Waals surface area contributed by atoms with E-state index in [0.717, 1.165) is 22.5 Å². The third-order valence-electron chi connectivity index (χ3n) is 3.09. The van der Waals surface area contributed by atoms with E-state index in [4.69, 9.17) is 0 Å². The molecule has 1 N–H and O–H groups in total. The Kier molecular flexibility index (Phi) is 4.60. The van der Waals surface area contributed by atoms with Crippen molar-refractivity contribution in [2.75, 3.05) is 23.8 Å². The zero-order valence-corrected chi connectivity index (χ0v) is 13.8. The third kappa shape index (κ3) is 3.10. The number of aromatic nitrogens is 2. The molecule has 0 fully saturated rings. The largest absolute Gasteiger partial charge is 0.354 e. The van der Waals surface area contributed by atoms with E-state index in [2.05, 4.69) is 68.2 Å². The SMILES string of the molecule is CCNc1ncc(Br)c(N(C)c2ccc(C)cc2C)n1. The molecule has 20 heavy (non-hydrogen) atoms. The van der Waals surface area contributed by atoms with Crippen LogP contribution in [-0.4, -0.2) is 23.6 Å². The van der Waals surface area contributed by atoms with Gasteiger partial charge in [-0.25, -0.2) is 4.98 Å². The van der Waals surface area contributed by atoms with Gasteiger partial charge in [0.15, 0.2) is 5.82 Å². The molecule has 0 radical (unpaired) electrons. The Morgan fingerprint density at radius 1 is 1.30 bits per heavy atom. The van der Waals surface area contributed by atoms with E-state index in [1.54, 1.807) is 6.20 Å². The predicted molar refractivity (Wildman–Crippen MR) is 87.9 cm³/mol. The van der Waals surface area contributed by atoms with E-state index < -0.39 is 0 Å². The van der Waals surface area contributed by atoms with E-state index in [9.17, 15) is 0 Å². The fourth-order valence-corrected chi connectivity index (χ4v) is 2.59. The maximum Gasteiger partial charge on any atom is 0.224 e. The maximum absolute atomic E-state index is 4.56. The quantitative estimate of drug-likeness (QED) is 0.915. The normalized spacial score (nSPS) is 10.4. The number of nitrogens with zero attached hydrogens (tertiary/aromatic N) is 3. The summed E-state index contributed by atoms with van der Waals surface area (Å²) >= 11 is 3.52. The molecule has 0 unspecified atom stereocenters. The van der Waals surface area contributed by atoms with Crippen LogP contribution in [0.3, 0.4) is 0 Å². The predicted octanol–water partition coefficient (Wildman–Crippen LogP) is 4.06. The van der Waals surface area contributed by atoms with E-state index in [-0.39, 0.29) is 0 Å². The number of halogens is 1. The van der Waals surface area contributed by atoms with E-state index in [1.165, 1.54) is 11.1 Å². The first-order valence-electron chi connectivity index (χ1n) is 6.60. The minimum Gasteiger partial charge on any atom is -0.354 e. The number of benzene rings is 1. The molecule has 5 heteroatoms. The van der Waals surface area contributed by atoms with Crippen molar-refractivity contribution in [3.8, 4) is 0 Å². The summed E-state index contributed by atoms with van der Waals surface area (Å²) in [7, 11) is 2.01. The van der Waals surface area contributed by atoms with Crippen molar-refractivity contribution in [1.82, 2.24) is 9.97 Å². The topological polar surface area (TPSA) is 41.1 Å². The molecule has 0 amide bonds. The average Bonchev–Trinajstić information content (AvgIpc) is 2.40. The summed E-state index contributed by atoms with van der Waals surface area (Å²) < 4.78 is 0.877. The number of hydrogen-bond donors (Lipinski definition) is 1. The standard InChI is InChI=1S/C15H19BrN4/c1-5-17-15-18-9-12(16)14(19-15)20(4)13-7-6-10(2)8-11(13)3/h6-9H,5H2,1-4H3,(H,17,18,19). The zero-order valence-electron chi connectivity index (χ0n) is 12.2. The molecule has 1 heterocycles. The summed E-state index contributed by atoms with van der Waals surface area (Å²) in [5.41, 5.74) is 3.62. The van der Waals surface area contributed by atoms with Crippen molar-refractivity contribution < 1.29 is 0 Å². The van der Waals surface area contributed by atoms with Crippen molar-refractivity contribution in [2.45, 2.75) is 20.8 Å². The van der Waals surface area contributed by atoms with E-state index in [1.807, 2.05) is 14.0 Å². The van der Waals surface area contributed by atoms with Gasteiger partial charge in [-0.3, -0.25) is 0 Å². The minimum atomic E-state index is 0.641. The molecule has 0 saturated carbocycles. The zero-order chi connectivity index (χ0) is 14.7. The summed E-state index contributed by atoms with van der Waals surface area (Å²) in [5, 5.41) is 3.14. The van der Waals surface area contributed by atoms with Gasteiger partial charge in [0.25, 0.3) is 0 Å². The highest BCUT2D eigenvalue weighted by molar-refractivity contribution is 9.10. The van der Waals surface area contributed by atoms with Gasteiger partial charge in [0.05, 0.1) is 4.47 Å². The summed E-state index contributed by atoms with van der Waals surface area (Å²) in [6, 6.07) is 6.40. The van der Waals surface area contributed by atoms with Crippen molar-refractivity contribution in [3.05, 3.63) is 40.0 Å². The number of rotatable bonds is 4. The average molecular weight is 335 g/mol. The lowest BCUT2D eigenvalue weighted by Gasteiger charge is -2.22. The first-order chi connectivity index (χ1) is 9.52. The molecule has 2 aromatic rings. The van der Waals surface area contributed by atoms with Gasteiger partial charge in [-0.2, -0.15) is 4.98 Å². The highest BCUT2D eigenvalue weighted by Gasteiger charge is 2.13. The Balaban J connectivity index is 2.41. The van der Waals surface area contributed by atoms with Crippen molar-refractivity contribution in [3.63, 3.8) is 0 Å². The van der Waals surface area contributed by atoms with Gasteiger partial charge < -0.3 is 10.2 Å². The van der Waals surface area contributed by atoms with Crippen molar-refractivity contribution in [1.29, 1.82) is 0 Å². The van der Waals surface area contributed by atoms with Crippen LogP contribution in [0, 0.1) is 13.8 Å². The van der Waals surface area contributed by atoms with Crippen LogP contribution in [0.2, 0.25) is 0 Å². The lowest BCUT2D eigenvalue weighted by atomic mass is 10.1. The number of hydrogen-bond acceptors (Lipinski definition) is 4. The molecule has 0 atom stereocenters. The fraction of sp³-hybridized carbons (Fsp3) is 0.333. The molecule has 4 nitrogen and oxygen atoms in total. The molecule has 1 aromatic carbocycles. The van der Waals surface area contributed by atoms with Gasteiger partial charge in [-0.1, -0.05) is 17.7 Å². The first kappa shape index (κ1) is 14.8. The van der Waals surface area contributed by atoms with Gasteiger partial charge in [-0.15, -0.1) is 0 Å². The lowest BCUT2D eigenvalue weighted by Crippen LogP contribution is -2.15. The summed E-state index contributed by atoms with van der Waals surface area (Å²) in [6.45, 7) is 7.03. The highest BCUT2D eigenvalue weighted by Crippen LogP contribution is 2.31. The smallest absolute Gasteiger partial charge is 0.224 e. The summed E-state index contributed by atoms with van der Waals surface area (Å²) in [4.78, 5) is 10.9. The molecule has 0 saturated heterocycles. The van der Waals surface area contributed by atoms with Crippen molar-refractivity contribution >= 4 is 33.4 Å². The molecule has 0 spiro atoms. The molecular formula is C15H19BrN4. The molecule has 0 aliphatic rings. The molecule has 106 valence electrons. The number of anilines is 3. The fourth-order valence-electron chi connectivity index (χ4n) is 2.13. The van der Waals surface area contributed by atoms with Crippen LogP contribution < -0.4 is 10.2 Å².